The molecule has 0 saturated heterocycles. The van der Waals surface area contributed by atoms with Crippen molar-refractivity contribution in [2.24, 2.45) is 15.7 Å². The molecular formula is C22H18N4O2. The van der Waals surface area contributed by atoms with Gasteiger partial charge in [0.25, 0.3) is 5.91 Å². The van der Waals surface area contributed by atoms with Crippen LogP contribution in [0.1, 0.15) is 21.5 Å². The number of para-hydroxylation sites is 1. The van der Waals surface area contributed by atoms with Crippen LogP contribution in [0.15, 0.2) is 82.8 Å². The summed E-state index contributed by atoms with van der Waals surface area (Å²) in [4.78, 5) is 21.6. The summed E-state index contributed by atoms with van der Waals surface area (Å²) in [6.07, 6.45) is 0. The standard InChI is InChI=1S/C22H18N4O2/c1-28-19-12-11-14(22(27)24-15-7-3-2-4-8-15)13-18(19)25-21-17-10-6-5-9-16(17)20(23)26-21/h2-13H,1H3,(H,24,27)(H2,23,25,26). The van der Waals surface area contributed by atoms with Crippen molar-refractivity contribution in [2.45, 2.75) is 0 Å². The van der Waals surface area contributed by atoms with E-state index in [4.69, 9.17) is 10.5 Å². The zero-order chi connectivity index (χ0) is 19.5. The summed E-state index contributed by atoms with van der Waals surface area (Å²) in [6, 6.07) is 22.0. The van der Waals surface area contributed by atoms with Crippen LogP contribution in [-0.2, 0) is 0 Å². The first kappa shape index (κ1) is 17.5. The van der Waals surface area contributed by atoms with Gasteiger partial charge >= 0.3 is 0 Å². The Morgan fingerprint density at radius 3 is 2.46 bits per heavy atom. The van der Waals surface area contributed by atoms with Gasteiger partial charge in [-0.15, -0.1) is 0 Å². The number of nitrogens with two attached hydrogens (primary N) is 1. The molecule has 28 heavy (non-hydrogen) atoms. The Morgan fingerprint density at radius 1 is 1.00 bits per heavy atom. The van der Waals surface area contributed by atoms with E-state index >= 15 is 0 Å². The minimum atomic E-state index is -0.231. The van der Waals surface area contributed by atoms with Crippen LogP contribution in [0.2, 0.25) is 0 Å². The van der Waals surface area contributed by atoms with Gasteiger partial charge in [-0.05, 0) is 30.3 Å². The van der Waals surface area contributed by atoms with Crippen molar-refractivity contribution in [2.75, 3.05) is 12.4 Å². The molecule has 0 aromatic heterocycles. The minimum absolute atomic E-state index is 0.231. The van der Waals surface area contributed by atoms with Crippen LogP contribution in [0.5, 0.6) is 5.75 Å². The predicted octanol–water partition coefficient (Wildman–Crippen LogP) is 3.74. The minimum Gasteiger partial charge on any atom is -0.494 e. The molecule has 0 atom stereocenters. The van der Waals surface area contributed by atoms with Gasteiger partial charge in [0.2, 0.25) is 0 Å². The monoisotopic (exact) mass is 370 g/mol. The number of hydrogen-bond acceptors (Lipinski definition) is 4. The Labute approximate surface area is 162 Å². The summed E-state index contributed by atoms with van der Waals surface area (Å²) in [6.45, 7) is 0. The fourth-order valence-corrected chi connectivity index (χ4v) is 2.98. The third-order valence-corrected chi connectivity index (χ3v) is 4.37. The average molecular weight is 370 g/mol. The van der Waals surface area contributed by atoms with E-state index in [1.165, 1.54) is 0 Å². The SMILES string of the molecule is COc1ccc(C(=O)Nc2ccccc2)cc1N=C1N=C(N)c2ccccc21. The molecule has 1 amide bonds. The number of fused-ring (bicyclic) bond motifs is 1. The third kappa shape index (κ3) is 3.35. The van der Waals surface area contributed by atoms with Gasteiger partial charge in [-0.25, -0.2) is 9.98 Å². The smallest absolute Gasteiger partial charge is 0.255 e. The van der Waals surface area contributed by atoms with Gasteiger partial charge < -0.3 is 15.8 Å². The molecule has 0 unspecified atom stereocenters. The molecule has 6 nitrogen and oxygen atoms in total. The molecule has 1 heterocycles. The largest absolute Gasteiger partial charge is 0.494 e. The number of ether oxygens (including phenoxy) is 1. The van der Waals surface area contributed by atoms with Crippen molar-refractivity contribution in [1.29, 1.82) is 0 Å². The number of rotatable bonds is 4. The average Bonchev–Trinajstić information content (AvgIpc) is 3.04. The molecule has 1 aliphatic heterocycles. The van der Waals surface area contributed by atoms with Crippen LogP contribution in [0.3, 0.4) is 0 Å². The van der Waals surface area contributed by atoms with E-state index in [9.17, 15) is 4.79 Å². The molecule has 3 aromatic rings. The highest BCUT2D eigenvalue weighted by Gasteiger charge is 2.20. The zero-order valence-corrected chi connectivity index (χ0v) is 15.2. The first-order chi connectivity index (χ1) is 13.7. The molecule has 1 aliphatic rings. The second kappa shape index (κ2) is 7.36. The maximum absolute atomic E-state index is 12.6. The van der Waals surface area contributed by atoms with E-state index in [1.54, 1.807) is 25.3 Å². The molecule has 3 aromatic carbocycles. The molecule has 3 N–H and O–H groups in total. The maximum atomic E-state index is 12.6. The Kier molecular flexibility index (Phi) is 4.60. The fraction of sp³-hybridized carbons (Fsp3) is 0.0455. The van der Waals surface area contributed by atoms with E-state index in [0.717, 1.165) is 16.8 Å². The summed E-state index contributed by atoms with van der Waals surface area (Å²) >= 11 is 0. The molecule has 0 bridgehead atoms. The van der Waals surface area contributed by atoms with Crippen molar-refractivity contribution in [3.05, 3.63) is 89.5 Å². The van der Waals surface area contributed by atoms with Gasteiger partial charge in [-0.3, -0.25) is 4.79 Å². The van der Waals surface area contributed by atoms with Gasteiger partial charge in [-0.2, -0.15) is 0 Å². The van der Waals surface area contributed by atoms with Gasteiger partial charge in [-0.1, -0.05) is 42.5 Å². The predicted molar refractivity (Wildman–Crippen MR) is 111 cm³/mol. The van der Waals surface area contributed by atoms with E-state index in [1.807, 2.05) is 54.6 Å². The molecule has 138 valence electrons. The summed E-state index contributed by atoms with van der Waals surface area (Å²) in [7, 11) is 1.56. The van der Waals surface area contributed by atoms with Crippen LogP contribution in [0.4, 0.5) is 11.4 Å². The van der Waals surface area contributed by atoms with E-state index in [-0.39, 0.29) is 5.91 Å². The molecule has 0 fully saturated rings. The highest BCUT2D eigenvalue weighted by Crippen LogP contribution is 2.31. The first-order valence-electron chi connectivity index (χ1n) is 8.73. The van der Waals surface area contributed by atoms with Crippen molar-refractivity contribution >= 4 is 29.0 Å². The van der Waals surface area contributed by atoms with Crippen LogP contribution >= 0.6 is 0 Å². The Hall–Kier alpha value is -3.93. The van der Waals surface area contributed by atoms with E-state index < -0.39 is 0 Å². The number of benzene rings is 3. The topological polar surface area (TPSA) is 89.1 Å². The summed E-state index contributed by atoms with van der Waals surface area (Å²) in [5.74, 6) is 1.23. The lowest BCUT2D eigenvalue weighted by molar-refractivity contribution is 0.102. The Balaban J connectivity index is 1.70. The Bertz CT molecular complexity index is 1100. The number of nitrogens with zero attached hydrogens (tertiary/aromatic N) is 2. The number of amides is 1. The lowest BCUT2D eigenvalue weighted by atomic mass is 10.1. The van der Waals surface area contributed by atoms with Gasteiger partial charge in [0.15, 0.2) is 5.84 Å². The van der Waals surface area contributed by atoms with Crippen LogP contribution in [-0.4, -0.2) is 24.7 Å². The number of carbonyl (C=O) groups excluding carboxylic acids is 1. The van der Waals surface area contributed by atoms with Crippen LogP contribution in [0.25, 0.3) is 0 Å². The lowest BCUT2D eigenvalue weighted by Crippen LogP contribution is -2.11. The molecule has 0 aliphatic carbocycles. The number of nitrogens with one attached hydrogen (secondary N) is 1. The van der Waals surface area contributed by atoms with Crippen LogP contribution < -0.4 is 15.8 Å². The lowest BCUT2D eigenvalue weighted by Gasteiger charge is -2.09. The van der Waals surface area contributed by atoms with Gasteiger partial charge in [0, 0.05) is 22.4 Å². The number of methoxy groups -OCH3 is 1. The number of anilines is 1. The third-order valence-electron chi connectivity index (χ3n) is 4.37. The first-order valence-corrected chi connectivity index (χ1v) is 8.73. The highest BCUT2D eigenvalue weighted by atomic mass is 16.5. The van der Waals surface area contributed by atoms with Crippen molar-refractivity contribution < 1.29 is 9.53 Å². The van der Waals surface area contributed by atoms with Crippen LogP contribution in [0, 0.1) is 0 Å². The molecule has 0 spiro atoms. The van der Waals surface area contributed by atoms with Gasteiger partial charge in [0.1, 0.15) is 17.3 Å². The molecule has 0 radical (unpaired) electrons. The van der Waals surface area contributed by atoms with E-state index in [0.29, 0.717) is 28.7 Å². The molecule has 4 rings (SSSR count). The normalized spacial score (nSPS) is 13.8. The fourth-order valence-electron chi connectivity index (χ4n) is 2.98. The molecule has 0 saturated carbocycles. The van der Waals surface area contributed by atoms with Crippen molar-refractivity contribution in [3.8, 4) is 5.75 Å². The number of aliphatic imine (C=N–C) groups is 2. The zero-order valence-electron chi connectivity index (χ0n) is 15.2. The maximum Gasteiger partial charge on any atom is 0.255 e. The second-order valence-electron chi connectivity index (χ2n) is 6.18. The summed E-state index contributed by atoms with van der Waals surface area (Å²) in [5, 5.41) is 2.86. The molecule has 6 heteroatoms. The quantitative estimate of drug-likeness (QED) is 0.733. The Morgan fingerprint density at radius 2 is 1.71 bits per heavy atom. The highest BCUT2D eigenvalue weighted by molar-refractivity contribution is 6.22. The molecular weight excluding hydrogens is 352 g/mol. The second-order valence-corrected chi connectivity index (χ2v) is 6.18. The summed E-state index contributed by atoms with van der Waals surface area (Å²) in [5.41, 5.74) is 9.38. The van der Waals surface area contributed by atoms with Crippen molar-refractivity contribution in [1.82, 2.24) is 0 Å². The van der Waals surface area contributed by atoms with Gasteiger partial charge in [0.05, 0.1) is 7.11 Å². The number of amidine groups is 2. The summed E-state index contributed by atoms with van der Waals surface area (Å²) < 4.78 is 5.40. The van der Waals surface area contributed by atoms with E-state index in [2.05, 4.69) is 15.3 Å². The van der Waals surface area contributed by atoms with Crippen molar-refractivity contribution in [3.63, 3.8) is 0 Å². The number of hydrogen-bond donors (Lipinski definition) is 2. The number of carbonyl (C=O) groups is 1.